The van der Waals surface area contributed by atoms with Gasteiger partial charge in [0.1, 0.15) is 11.6 Å². The van der Waals surface area contributed by atoms with E-state index in [4.69, 9.17) is 9.72 Å². The van der Waals surface area contributed by atoms with Gasteiger partial charge in [-0.2, -0.15) is 9.61 Å². The maximum absolute atomic E-state index is 9.61. The zero-order valence-corrected chi connectivity index (χ0v) is 18.3. The predicted octanol–water partition coefficient (Wildman–Crippen LogP) is 3.79. The highest BCUT2D eigenvalue weighted by atomic mass is 16.5. The zero-order valence-electron chi connectivity index (χ0n) is 18.3. The quantitative estimate of drug-likeness (QED) is 0.562. The van der Waals surface area contributed by atoms with Crippen LogP contribution in [-0.4, -0.2) is 51.6 Å². The van der Waals surface area contributed by atoms with Gasteiger partial charge in [-0.05, 0) is 62.1 Å². The number of rotatable bonds is 6. The van der Waals surface area contributed by atoms with Crippen LogP contribution in [0.2, 0.25) is 0 Å². The third-order valence-corrected chi connectivity index (χ3v) is 6.65. The van der Waals surface area contributed by atoms with Crippen molar-refractivity contribution in [3.8, 4) is 11.1 Å². The summed E-state index contributed by atoms with van der Waals surface area (Å²) in [5.41, 5.74) is 5.54. The molecule has 2 fully saturated rings. The van der Waals surface area contributed by atoms with E-state index in [1.165, 1.54) is 11.1 Å². The van der Waals surface area contributed by atoms with E-state index in [-0.39, 0.29) is 6.10 Å². The van der Waals surface area contributed by atoms with Crippen molar-refractivity contribution in [2.75, 3.05) is 30.4 Å². The highest BCUT2D eigenvalue weighted by Crippen LogP contribution is 2.31. The first kappa shape index (κ1) is 20.3. The second kappa shape index (κ2) is 8.48. The van der Waals surface area contributed by atoms with Gasteiger partial charge in [0.2, 0.25) is 0 Å². The smallest absolute Gasteiger partial charge is 0.167 e. The lowest BCUT2D eigenvalue weighted by molar-refractivity contribution is 0.0486. The Bertz CT molecular complexity index is 1070. The number of anilines is 2. The van der Waals surface area contributed by atoms with Gasteiger partial charge in [-0.1, -0.05) is 18.2 Å². The van der Waals surface area contributed by atoms with Crippen LogP contribution in [0.15, 0.2) is 30.5 Å². The van der Waals surface area contributed by atoms with Crippen molar-refractivity contribution in [2.24, 2.45) is 5.92 Å². The average molecular weight is 422 g/mol. The first-order valence-electron chi connectivity index (χ1n) is 11.3. The first-order valence-corrected chi connectivity index (χ1v) is 11.3. The normalized spacial score (nSPS) is 21.8. The highest BCUT2D eigenvalue weighted by molar-refractivity contribution is 5.80. The summed E-state index contributed by atoms with van der Waals surface area (Å²) in [6, 6.07) is 8.91. The Morgan fingerprint density at radius 1 is 1.13 bits per heavy atom. The molecule has 0 radical (unpaired) electrons. The number of fused-ring (bicyclic) bond motifs is 1. The summed E-state index contributed by atoms with van der Waals surface area (Å²) in [5, 5.41) is 21.4. The number of aryl methyl sites for hydroxylation is 2. The lowest BCUT2D eigenvalue weighted by Gasteiger charge is -2.31. The molecule has 1 saturated heterocycles. The van der Waals surface area contributed by atoms with Gasteiger partial charge in [-0.3, -0.25) is 0 Å². The van der Waals surface area contributed by atoms with Crippen molar-refractivity contribution in [1.82, 2.24) is 14.6 Å². The number of hydrogen-bond donors (Lipinski definition) is 3. The highest BCUT2D eigenvalue weighted by Gasteiger charge is 2.27. The summed E-state index contributed by atoms with van der Waals surface area (Å²) in [6.07, 6.45) is 5.46. The third kappa shape index (κ3) is 4.25. The molecule has 1 aliphatic carbocycles. The van der Waals surface area contributed by atoms with Crippen LogP contribution in [0.4, 0.5) is 11.6 Å². The van der Waals surface area contributed by atoms with Gasteiger partial charge in [-0.15, -0.1) is 0 Å². The van der Waals surface area contributed by atoms with E-state index in [0.717, 1.165) is 73.9 Å². The fourth-order valence-corrected chi connectivity index (χ4v) is 4.44. The fourth-order valence-electron chi connectivity index (χ4n) is 4.44. The van der Waals surface area contributed by atoms with Crippen molar-refractivity contribution in [3.63, 3.8) is 0 Å². The van der Waals surface area contributed by atoms with E-state index in [2.05, 4.69) is 53.8 Å². The molecule has 0 amide bonds. The lowest BCUT2D eigenvalue weighted by Crippen LogP contribution is -2.33. The van der Waals surface area contributed by atoms with Gasteiger partial charge in [-0.25, -0.2) is 4.98 Å². The van der Waals surface area contributed by atoms with Crippen LogP contribution in [-0.2, 0) is 4.74 Å². The molecule has 0 spiro atoms. The molecule has 1 aliphatic heterocycles. The second-order valence-corrected chi connectivity index (χ2v) is 9.02. The zero-order chi connectivity index (χ0) is 21.4. The standard InChI is InChI=1S/C24H31N5O2/c1-15-3-4-18(9-16(15)2)21-14-26-29-23(25-13-17-10-20(30)11-17)12-22(28-24(21)29)27-19-5-7-31-8-6-19/h3-4,9,12,14,17,19-20,25,30H,5-8,10-11,13H2,1-2H3,(H,27,28). The summed E-state index contributed by atoms with van der Waals surface area (Å²) in [7, 11) is 0. The van der Waals surface area contributed by atoms with Gasteiger partial charge >= 0.3 is 0 Å². The Morgan fingerprint density at radius 3 is 2.68 bits per heavy atom. The Kier molecular flexibility index (Phi) is 5.54. The Balaban J connectivity index is 1.50. The van der Waals surface area contributed by atoms with Gasteiger partial charge < -0.3 is 20.5 Å². The summed E-state index contributed by atoms with van der Waals surface area (Å²) < 4.78 is 7.40. The van der Waals surface area contributed by atoms with Gasteiger partial charge in [0.05, 0.1) is 12.3 Å². The number of aromatic nitrogens is 3. The first-order chi connectivity index (χ1) is 15.1. The van der Waals surface area contributed by atoms with Crippen LogP contribution in [0.25, 0.3) is 16.8 Å². The SMILES string of the molecule is Cc1ccc(-c2cnn3c(NCC4CC(O)C4)cc(NC4CCOCC4)nc23)cc1C. The van der Waals surface area contributed by atoms with Crippen molar-refractivity contribution >= 4 is 17.3 Å². The maximum atomic E-state index is 9.61. The third-order valence-electron chi connectivity index (χ3n) is 6.65. The van der Waals surface area contributed by atoms with Crippen LogP contribution >= 0.6 is 0 Å². The van der Waals surface area contributed by atoms with Crippen molar-refractivity contribution in [3.05, 3.63) is 41.6 Å². The molecule has 3 N–H and O–H groups in total. The number of nitrogens with one attached hydrogen (secondary N) is 2. The van der Waals surface area contributed by atoms with Crippen molar-refractivity contribution in [1.29, 1.82) is 0 Å². The van der Waals surface area contributed by atoms with Crippen LogP contribution < -0.4 is 10.6 Å². The lowest BCUT2D eigenvalue weighted by atomic mass is 9.82. The van der Waals surface area contributed by atoms with Crippen LogP contribution in [0.1, 0.15) is 36.8 Å². The summed E-state index contributed by atoms with van der Waals surface area (Å²) in [5.74, 6) is 2.29. The molecule has 3 aromatic rings. The van der Waals surface area contributed by atoms with E-state index in [9.17, 15) is 5.11 Å². The van der Waals surface area contributed by atoms with E-state index in [0.29, 0.717) is 12.0 Å². The van der Waals surface area contributed by atoms with Gasteiger partial charge in [0, 0.05) is 37.4 Å². The number of ether oxygens (including phenoxy) is 1. The Labute approximate surface area is 182 Å². The molecule has 0 bridgehead atoms. The molecule has 31 heavy (non-hydrogen) atoms. The van der Waals surface area contributed by atoms with E-state index in [1.54, 1.807) is 0 Å². The number of nitrogens with zero attached hydrogens (tertiary/aromatic N) is 3. The molecule has 2 aliphatic rings. The largest absolute Gasteiger partial charge is 0.393 e. The topological polar surface area (TPSA) is 83.7 Å². The summed E-state index contributed by atoms with van der Waals surface area (Å²) in [6.45, 7) is 6.66. The van der Waals surface area contributed by atoms with Crippen LogP contribution in [0.5, 0.6) is 0 Å². The molecule has 5 rings (SSSR count). The number of aliphatic hydroxyl groups is 1. The molecule has 1 saturated carbocycles. The number of hydrogen-bond acceptors (Lipinski definition) is 6. The Hall–Kier alpha value is -2.64. The fraction of sp³-hybridized carbons (Fsp3) is 0.500. The van der Waals surface area contributed by atoms with Crippen LogP contribution in [0, 0.1) is 19.8 Å². The average Bonchev–Trinajstić information content (AvgIpc) is 3.17. The summed E-state index contributed by atoms with van der Waals surface area (Å²) in [4.78, 5) is 4.96. The second-order valence-electron chi connectivity index (χ2n) is 9.02. The predicted molar refractivity (Wildman–Crippen MR) is 123 cm³/mol. The van der Waals surface area contributed by atoms with Crippen molar-refractivity contribution in [2.45, 2.75) is 51.7 Å². The van der Waals surface area contributed by atoms with E-state index in [1.807, 2.05) is 10.7 Å². The molecule has 0 atom stereocenters. The van der Waals surface area contributed by atoms with E-state index >= 15 is 0 Å². The minimum absolute atomic E-state index is 0.143. The van der Waals surface area contributed by atoms with Gasteiger partial charge in [0.15, 0.2) is 5.65 Å². The molecule has 164 valence electrons. The molecule has 2 aromatic heterocycles. The number of aliphatic hydroxyl groups excluding tert-OH is 1. The monoisotopic (exact) mass is 421 g/mol. The van der Waals surface area contributed by atoms with Gasteiger partial charge in [0.25, 0.3) is 0 Å². The number of benzene rings is 1. The molecule has 1 aromatic carbocycles. The molecule has 7 nitrogen and oxygen atoms in total. The van der Waals surface area contributed by atoms with Crippen LogP contribution in [0.3, 0.4) is 0 Å². The Morgan fingerprint density at radius 2 is 1.94 bits per heavy atom. The maximum Gasteiger partial charge on any atom is 0.167 e. The minimum atomic E-state index is -0.143. The van der Waals surface area contributed by atoms with Crippen molar-refractivity contribution < 1.29 is 9.84 Å². The molecular formula is C24H31N5O2. The molecular weight excluding hydrogens is 390 g/mol. The molecule has 7 heteroatoms. The summed E-state index contributed by atoms with van der Waals surface area (Å²) >= 11 is 0. The minimum Gasteiger partial charge on any atom is -0.393 e. The van der Waals surface area contributed by atoms with E-state index < -0.39 is 0 Å². The molecule has 0 unspecified atom stereocenters. The molecule has 3 heterocycles.